The Labute approximate surface area is 170 Å². The van der Waals surface area contributed by atoms with Crippen molar-refractivity contribution < 1.29 is 4.42 Å². The van der Waals surface area contributed by atoms with Crippen LogP contribution in [0.5, 0.6) is 0 Å². The van der Waals surface area contributed by atoms with Gasteiger partial charge in [-0.05, 0) is 42.0 Å². The third-order valence-corrected chi connectivity index (χ3v) is 5.66. The molecule has 0 aliphatic carbocycles. The summed E-state index contributed by atoms with van der Waals surface area (Å²) < 4.78 is 7.53. The van der Waals surface area contributed by atoms with Gasteiger partial charge in [0, 0.05) is 33.8 Å². The van der Waals surface area contributed by atoms with Gasteiger partial charge in [0.15, 0.2) is 11.0 Å². The minimum Gasteiger partial charge on any atom is -0.467 e. The predicted molar refractivity (Wildman–Crippen MR) is 107 cm³/mol. The lowest BCUT2D eigenvalue weighted by Crippen LogP contribution is -2.03. The lowest BCUT2D eigenvalue weighted by atomic mass is 10.2. The number of furan rings is 1. The van der Waals surface area contributed by atoms with Crippen LogP contribution >= 0.6 is 35.0 Å². The SMILES string of the molecule is Clc1cccc(Cl)c1CSc1nnc(-c2ccncc2)n1Cc1ccco1. The Morgan fingerprint density at radius 1 is 0.963 bits per heavy atom. The van der Waals surface area contributed by atoms with Gasteiger partial charge in [-0.3, -0.25) is 9.55 Å². The summed E-state index contributed by atoms with van der Waals surface area (Å²) in [5, 5.41) is 10.8. The summed E-state index contributed by atoms with van der Waals surface area (Å²) in [5.74, 6) is 2.16. The van der Waals surface area contributed by atoms with E-state index in [1.54, 1.807) is 18.7 Å². The van der Waals surface area contributed by atoms with Gasteiger partial charge >= 0.3 is 0 Å². The first-order chi connectivity index (χ1) is 13.2. The molecule has 136 valence electrons. The molecule has 27 heavy (non-hydrogen) atoms. The van der Waals surface area contributed by atoms with Crippen molar-refractivity contribution >= 4 is 35.0 Å². The largest absolute Gasteiger partial charge is 0.467 e. The van der Waals surface area contributed by atoms with E-state index in [1.165, 1.54) is 11.8 Å². The van der Waals surface area contributed by atoms with Gasteiger partial charge in [0.25, 0.3) is 0 Å². The summed E-state index contributed by atoms with van der Waals surface area (Å²) in [6.07, 6.45) is 5.12. The first kappa shape index (κ1) is 18.1. The average molecular weight is 417 g/mol. The van der Waals surface area contributed by atoms with Crippen LogP contribution in [0.15, 0.2) is 70.7 Å². The Bertz CT molecular complexity index is 1020. The molecule has 8 heteroatoms. The highest BCUT2D eigenvalue weighted by atomic mass is 35.5. The first-order valence-electron chi connectivity index (χ1n) is 8.14. The van der Waals surface area contributed by atoms with Crippen LogP contribution in [0.4, 0.5) is 0 Å². The summed E-state index contributed by atoms with van der Waals surface area (Å²) in [6, 6.07) is 13.1. The zero-order valence-electron chi connectivity index (χ0n) is 14.0. The third kappa shape index (κ3) is 4.03. The van der Waals surface area contributed by atoms with Crippen LogP contribution in [0.25, 0.3) is 11.4 Å². The minimum atomic E-state index is 0.524. The standard InChI is InChI=1S/C19H14Cl2N4OS/c20-16-4-1-5-17(21)15(16)12-27-19-24-23-18(13-6-8-22-9-7-13)25(19)11-14-3-2-10-26-14/h1-10H,11-12H2. The van der Waals surface area contributed by atoms with Crippen molar-refractivity contribution in [3.8, 4) is 11.4 Å². The number of aromatic nitrogens is 4. The van der Waals surface area contributed by atoms with E-state index in [1.807, 2.05) is 47.0 Å². The van der Waals surface area contributed by atoms with Crippen molar-refractivity contribution in [2.45, 2.75) is 17.5 Å². The molecule has 0 aliphatic rings. The molecule has 5 nitrogen and oxygen atoms in total. The van der Waals surface area contributed by atoms with E-state index in [2.05, 4.69) is 15.2 Å². The molecule has 3 aromatic heterocycles. The highest BCUT2D eigenvalue weighted by Gasteiger charge is 2.17. The van der Waals surface area contributed by atoms with E-state index >= 15 is 0 Å². The van der Waals surface area contributed by atoms with Crippen LogP contribution in [-0.4, -0.2) is 19.7 Å². The minimum absolute atomic E-state index is 0.524. The Balaban J connectivity index is 1.67. The summed E-state index contributed by atoms with van der Waals surface area (Å²) in [5.41, 5.74) is 1.82. The van der Waals surface area contributed by atoms with Gasteiger partial charge in [-0.25, -0.2) is 0 Å². The molecule has 4 rings (SSSR count). The number of pyridine rings is 1. The molecule has 0 spiro atoms. The molecule has 0 bridgehead atoms. The maximum absolute atomic E-state index is 6.29. The van der Waals surface area contributed by atoms with E-state index < -0.39 is 0 Å². The van der Waals surface area contributed by atoms with Gasteiger partial charge in [0.2, 0.25) is 0 Å². The summed E-state index contributed by atoms with van der Waals surface area (Å²) in [4.78, 5) is 4.07. The van der Waals surface area contributed by atoms with Gasteiger partial charge in [-0.1, -0.05) is 41.0 Å². The zero-order valence-corrected chi connectivity index (χ0v) is 16.4. The summed E-state index contributed by atoms with van der Waals surface area (Å²) in [6.45, 7) is 0.524. The molecule has 1 aromatic carbocycles. The van der Waals surface area contributed by atoms with Crippen molar-refractivity contribution in [3.63, 3.8) is 0 Å². The lowest BCUT2D eigenvalue weighted by Gasteiger charge is -2.10. The Morgan fingerprint density at radius 3 is 2.44 bits per heavy atom. The van der Waals surface area contributed by atoms with Crippen molar-refractivity contribution in [1.82, 2.24) is 19.7 Å². The quantitative estimate of drug-likeness (QED) is 0.384. The van der Waals surface area contributed by atoms with E-state index in [-0.39, 0.29) is 0 Å². The zero-order chi connectivity index (χ0) is 18.6. The maximum Gasteiger partial charge on any atom is 0.192 e. The second kappa shape index (κ2) is 8.17. The monoisotopic (exact) mass is 416 g/mol. The van der Waals surface area contributed by atoms with Gasteiger partial charge in [0.1, 0.15) is 5.76 Å². The molecular formula is C19H14Cl2N4OS. The topological polar surface area (TPSA) is 56.7 Å². The van der Waals surface area contributed by atoms with Crippen LogP contribution in [-0.2, 0) is 12.3 Å². The fourth-order valence-electron chi connectivity index (χ4n) is 2.62. The van der Waals surface area contributed by atoms with E-state index in [9.17, 15) is 0 Å². The summed E-state index contributed by atoms with van der Waals surface area (Å²) in [7, 11) is 0. The van der Waals surface area contributed by atoms with Gasteiger partial charge in [-0.15, -0.1) is 10.2 Å². The van der Waals surface area contributed by atoms with Crippen LogP contribution in [0, 0.1) is 0 Å². The van der Waals surface area contributed by atoms with E-state index in [0.717, 1.165) is 27.9 Å². The van der Waals surface area contributed by atoms with Crippen LogP contribution in [0.1, 0.15) is 11.3 Å². The second-order valence-electron chi connectivity index (χ2n) is 5.70. The van der Waals surface area contributed by atoms with Crippen LogP contribution in [0.2, 0.25) is 10.0 Å². The lowest BCUT2D eigenvalue weighted by molar-refractivity contribution is 0.485. The maximum atomic E-state index is 6.29. The summed E-state index contributed by atoms with van der Waals surface area (Å²) >= 11 is 14.1. The normalized spacial score (nSPS) is 11.0. The van der Waals surface area contributed by atoms with Crippen LogP contribution in [0.3, 0.4) is 0 Å². The smallest absolute Gasteiger partial charge is 0.192 e. The molecule has 3 heterocycles. The Morgan fingerprint density at radius 2 is 1.74 bits per heavy atom. The number of hydrogen-bond acceptors (Lipinski definition) is 5. The highest BCUT2D eigenvalue weighted by Crippen LogP contribution is 2.32. The number of halogens is 2. The second-order valence-corrected chi connectivity index (χ2v) is 7.45. The molecule has 0 fully saturated rings. The molecule has 4 aromatic rings. The molecule has 0 amide bonds. The van der Waals surface area contributed by atoms with Gasteiger partial charge < -0.3 is 4.42 Å². The van der Waals surface area contributed by atoms with Crippen molar-refractivity contribution in [1.29, 1.82) is 0 Å². The molecule has 0 unspecified atom stereocenters. The molecule has 0 N–H and O–H groups in total. The Kier molecular flexibility index (Phi) is 5.48. The number of rotatable bonds is 6. The molecule has 0 radical (unpaired) electrons. The van der Waals surface area contributed by atoms with E-state index in [4.69, 9.17) is 27.6 Å². The predicted octanol–water partition coefficient (Wildman–Crippen LogP) is 5.58. The number of nitrogens with zero attached hydrogens (tertiary/aromatic N) is 4. The van der Waals surface area contributed by atoms with Crippen molar-refractivity contribution in [3.05, 3.63) is 82.5 Å². The van der Waals surface area contributed by atoms with E-state index in [0.29, 0.717) is 22.3 Å². The molecule has 0 saturated heterocycles. The fraction of sp³-hybridized carbons (Fsp3) is 0.105. The average Bonchev–Trinajstić information content (AvgIpc) is 3.33. The molecule has 0 aliphatic heterocycles. The van der Waals surface area contributed by atoms with Gasteiger partial charge in [-0.2, -0.15) is 0 Å². The number of hydrogen-bond donors (Lipinski definition) is 0. The third-order valence-electron chi connectivity index (χ3n) is 3.96. The van der Waals surface area contributed by atoms with Gasteiger partial charge in [0.05, 0.1) is 12.8 Å². The Hall–Kier alpha value is -2.28. The molecule has 0 saturated carbocycles. The number of benzene rings is 1. The number of thioether (sulfide) groups is 1. The molecular weight excluding hydrogens is 403 g/mol. The van der Waals surface area contributed by atoms with Crippen LogP contribution < -0.4 is 0 Å². The van der Waals surface area contributed by atoms with Crippen molar-refractivity contribution in [2.75, 3.05) is 0 Å². The highest BCUT2D eigenvalue weighted by molar-refractivity contribution is 7.98. The first-order valence-corrected chi connectivity index (χ1v) is 9.88. The van der Waals surface area contributed by atoms with Crippen molar-refractivity contribution in [2.24, 2.45) is 0 Å². The fourth-order valence-corrected chi connectivity index (χ4v) is 4.30. The molecule has 0 atom stereocenters.